The standard InChI is InChI=1S/C16H24N2O4/c1-11-5-6-13(16(21)22)9-14(11)18(8-7-17(3)4)10-12(2)15(19)20/h5-6,9,12H,7-8,10H2,1-4H3,(H,19,20)(H,21,22). The average molecular weight is 308 g/mol. The Morgan fingerprint density at radius 3 is 2.32 bits per heavy atom. The average Bonchev–Trinajstić information content (AvgIpc) is 2.43. The van der Waals surface area contributed by atoms with Gasteiger partial charge in [0.1, 0.15) is 0 Å². The fourth-order valence-corrected chi connectivity index (χ4v) is 2.12. The highest BCUT2D eigenvalue weighted by Crippen LogP contribution is 2.23. The maximum atomic E-state index is 11.2. The van der Waals surface area contributed by atoms with E-state index in [4.69, 9.17) is 10.2 Å². The van der Waals surface area contributed by atoms with Crippen molar-refractivity contribution in [3.8, 4) is 0 Å². The third-order valence-electron chi connectivity index (χ3n) is 3.53. The van der Waals surface area contributed by atoms with Crippen molar-refractivity contribution in [3.05, 3.63) is 29.3 Å². The van der Waals surface area contributed by atoms with Gasteiger partial charge in [-0.3, -0.25) is 4.79 Å². The van der Waals surface area contributed by atoms with Crippen LogP contribution in [0.1, 0.15) is 22.8 Å². The molecule has 1 unspecified atom stereocenters. The summed E-state index contributed by atoms with van der Waals surface area (Å²) in [5, 5.41) is 18.3. The molecule has 0 heterocycles. The van der Waals surface area contributed by atoms with Crippen LogP contribution in [0, 0.1) is 12.8 Å². The number of aromatic carboxylic acids is 1. The molecule has 0 fully saturated rings. The SMILES string of the molecule is Cc1ccc(C(=O)O)cc1N(CCN(C)C)CC(C)C(=O)O. The molecule has 1 rings (SSSR count). The lowest BCUT2D eigenvalue weighted by Gasteiger charge is -2.29. The van der Waals surface area contributed by atoms with Crippen LogP contribution < -0.4 is 4.90 Å². The summed E-state index contributed by atoms with van der Waals surface area (Å²) >= 11 is 0. The van der Waals surface area contributed by atoms with E-state index in [1.807, 2.05) is 30.8 Å². The topological polar surface area (TPSA) is 81.1 Å². The first-order chi connectivity index (χ1) is 10.2. The van der Waals surface area contributed by atoms with Gasteiger partial charge < -0.3 is 20.0 Å². The number of hydrogen-bond acceptors (Lipinski definition) is 4. The van der Waals surface area contributed by atoms with Crippen molar-refractivity contribution in [1.29, 1.82) is 0 Å². The van der Waals surface area contributed by atoms with Crippen LogP contribution in [-0.4, -0.2) is 60.8 Å². The van der Waals surface area contributed by atoms with Gasteiger partial charge in [0, 0.05) is 25.3 Å². The van der Waals surface area contributed by atoms with Crippen molar-refractivity contribution >= 4 is 17.6 Å². The zero-order valence-electron chi connectivity index (χ0n) is 13.5. The van der Waals surface area contributed by atoms with Crippen LogP contribution in [0.2, 0.25) is 0 Å². The van der Waals surface area contributed by atoms with Crippen molar-refractivity contribution < 1.29 is 19.8 Å². The quantitative estimate of drug-likeness (QED) is 0.762. The smallest absolute Gasteiger partial charge is 0.335 e. The predicted molar refractivity (Wildman–Crippen MR) is 85.7 cm³/mol. The van der Waals surface area contributed by atoms with Gasteiger partial charge in [-0.25, -0.2) is 4.79 Å². The van der Waals surface area contributed by atoms with E-state index in [9.17, 15) is 9.59 Å². The Labute approximate surface area is 131 Å². The second-order valence-corrected chi connectivity index (χ2v) is 5.79. The van der Waals surface area contributed by atoms with Crippen LogP contribution >= 0.6 is 0 Å². The molecular weight excluding hydrogens is 284 g/mol. The first-order valence-corrected chi connectivity index (χ1v) is 7.18. The number of anilines is 1. The minimum absolute atomic E-state index is 0.207. The molecule has 22 heavy (non-hydrogen) atoms. The summed E-state index contributed by atoms with van der Waals surface area (Å²) in [5.74, 6) is -2.38. The molecular formula is C16H24N2O4. The molecule has 0 spiro atoms. The molecule has 0 amide bonds. The molecule has 0 aliphatic carbocycles. The van der Waals surface area contributed by atoms with E-state index in [1.54, 1.807) is 25.1 Å². The molecule has 1 atom stereocenters. The summed E-state index contributed by atoms with van der Waals surface area (Å²) in [5.41, 5.74) is 1.91. The third kappa shape index (κ3) is 5.04. The van der Waals surface area contributed by atoms with Gasteiger partial charge in [-0.05, 0) is 38.7 Å². The Morgan fingerprint density at radius 1 is 1.18 bits per heavy atom. The van der Waals surface area contributed by atoms with Gasteiger partial charge in [0.05, 0.1) is 11.5 Å². The Kier molecular flexibility index (Phi) is 6.37. The summed E-state index contributed by atoms with van der Waals surface area (Å²) in [6, 6.07) is 4.93. The Bertz CT molecular complexity index is 543. The molecule has 0 aliphatic heterocycles. The van der Waals surface area contributed by atoms with Crippen LogP contribution in [-0.2, 0) is 4.79 Å². The normalized spacial score (nSPS) is 12.2. The van der Waals surface area contributed by atoms with E-state index in [0.29, 0.717) is 13.1 Å². The lowest BCUT2D eigenvalue weighted by molar-refractivity contribution is -0.140. The number of aliphatic carboxylic acids is 1. The lowest BCUT2D eigenvalue weighted by Crippen LogP contribution is -2.37. The molecule has 0 saturated carbocycles. The molecule has 6 heteroatoms. The number of carboxylic acid groups (broad SMARTS) is 2. The molecule has 0 aliphatic rings. The number of carbonyl (C=O) groups is 2. The summed E-state index contributed by atoms with van der Waals surface area (Å²) in [4.78, 5) is 26.2. The highest BCUT2D eigenvalue weighted by Gasteiger charge is 2.19. The number of nitrogens with zero attached hydrogens (tertiary/aromatic N) is 2. The number of benzene rings is 1. The monoisotopic (exact) mass is 308 g/mol. The highest BCUT2D eigenvalue weighted by molar-refractivity contribution is 5.89. The molecule has 0 aromatic heterocycles. The molecule has 2 N–H and O–H groups in total. The van der Waals surface area contributed by atoms with Crippen LogP contribution in [0.3, 0.4) is 0 Å². The maximum absolute atomic E-state index is 11.2. The Morgan fingerprint density at radius 2 is 1.82 bits per heavy atom. The van der Waals surface area contributed by atoms with Crippen LogP contribution in [0.5, 0.6) is 0 Å². The van der Waals surface area contributed by atoms with E-state index in [2.05, 4.69) is 0 Å². The molecule has 0 radical (unpaired) electrons. The van der Waals surface area contributed by atoms with Gasteiger partial charge in [-0.2, -0.15) is 0 Å². The number of aryl methyl sites for hydroxylation is 1. The molecule has 122 valence electrons. The van der Waals surface area contributed by atoms with E-state index in [0.717, 1.165) is 17.8 Å². The van der Waals surface area contributed by atoms with Crippen molar-refractivity contribution in [3.63, 3.8) is 0 Å². The van der Waals surface area contributed by atoms with Crippen LogP contribution in [0.15, 0.2) is 18.2 Å². The fraction of sp³-hybridized carbons (Fsp3) is 0.500. The molecule has 6 nitrogen and oxygen atoms in total. The molecule has 0 saturated heterocycles. The minimum atomic E-state index is -0.986. The second-order valence-electron chi connectivity index (χ2n) is 5.79. The molecule has 1 aromatic rings. The van der Waals surface area contributed by atoms with E-state index < -0.39 is 17.9 Å². The predicted octanol–water partition coefficient (Wildman–Crippen LogP) is 1.78. The summed E-state index contributed by atoms with van der Waals surface area (Å²) in [6.07, 6.45) is 0. The van der Waals surface area contributed by atoms with Crippen LogP contribution in [0.25, 0.3) is 0 Å². The Balaban J connectivity index is 3.10. The number of hydrogen-bond donors (Lipinski definition) is 2. The summed E-state index contributed by atoms with van der Waals surface area (Å²) < 4.78 is 0. The van der Waals surface area contributed by atoms with E-state index >= 15 is 0 Å². The van der Waals surface area contributed by atoms with Gasteiger partial charge in [0.25, 0.3) is 0 Å². The maximum Gasteiger partial charge on any atom is 0.335 e. The molecule has 1 aromatic carbocycles. The van der Waals surface area contributed by atoms with E-state index in [1.165, 1.54) is 0 Å². The van der Waals surface area contributed by atoms with Gasteiger partial charge in [0.2, 0.25) is 0 Å². The van der Waals surface area contributed by atoms with Gasteiger partial charge >= 0.3 is 11.9 Å². The second kappa shape index (κ2) is 7.79. The van der Waals surface area contributed by atoms with Gasteiger partial charge in [0.15, 0.2) is 0 Å². The zero-order chi connectivity index (χ0) is 16.9. The van der Waals surface area contributed by atoms with Gasteiger partial charge in [-0.15, -0.1) is 0 Å². The van der Waals surface area contributed by atoms with Gasteiger partial charge in [-0.1, -0.05) is 13.0 Å². The minimum Gasteiger partial charge on any atom is -0.481 e. The summed E-state index contributed by atoms with van der Waals surface area (Å²) in [6.45, 7) is 5.28. The zero-order valence-corrected chi connectivity index (χ0v) is 13.5. The largest absolute Gasteiger partial charge is 0.481 e. The number of carboxylic acids is 2. The summed E-state index contributed by atoms with van der Waals surface area (Å²) in [7, 11) is 3.89. The number of rotatable bonds is 8. The first-order valence-electron chi connectivity index (χ1n) is 7.18. The first kappa shape index (κ1) is 18.0. The van der Waals surface area contributed by atoms with Crippen molar-refractivity contribution in [2.45, 2.75) is 13.8 Å². The van der Waals surface area contributed by atoms with Crippen LogP contribution in [0.4, 0.5) is 5.69 Å². The van der Waals surface area contributed by atoms with Crippen molar-refractivity contribution in [2.24, 2.45) is 5.92 Å². The highest BCUT2D eigenvalue weighted by atomic mass is 16.4. The van der Waals surface area contributed by atoms with Crippen molar-refractivity contribution in [2.75, 3.05) is 38.6 Å². The van der Waals surface area contributed by atoms with Crippen molar-refractivity contribution in [1.82, 2.24) is 4.90 Å². The third-order valence-corrected chi connectivity index (χ3v) is 3.53. The van der Waals surface area contributed by atoms with E-state index in [-0.39, 0.29) is 5.56 Å². The molecule has 0 bridgehead atoms. The Hall–Kier alpha value is -2.08. The fourth-order valence-electron chi connectivity index (χ4n) is 2.12. The lowest BCUT2D eigenvalue weighted by atomic mass is 10.1. The number of likely N-dealkylation sites (N-methyl/N-ethyl adjacent to an activating group) is 1.